The Balaban J connectivity index is 2.38. The van der Waals surface area contributed by atoms with E-state index in [0.29, 0.717) is 23.2 Å². The van der Waals surface area contributed by atoms with Crippen molar-refractivity contribution in [3.63, 3.8) is 0 Å². The Bertz CT molecular complexity index is 708. The van der Waals surface area contributed by atoms with Gasteiger partial charge in [0.2, 0.25) is 10.0 Å². The molecular formula is C15H21N3O2S. The van der Waals surface area contributed by atoms with Gasteiger partial charge >= 0.3 is 0 Å². The molecule has 0 saturated heterocycles. The smallest absolute Gasteiger partial charge is 0.241 e. The highest BCUT2D eigenvalue weighted by Gasteiger charge is 2.22. The van der Waals surface area contributed by atoms with Crippen LogP contribution in [-0.4, -0.2) is 26.0 Å². The lowest BCUT2D eigenvalue weighted by atomic mass is 10.1. The van der Waals surface area contributed by atoms with E-state index >= 15 is 0 Å². The number of aromatic nitrogens is 1. The number of rotatable bonds is 6. The van der Waals surface area contributed by atoms with Crippen molar-refractivity contribution in [3.05, 3.63) is 36.5 Å². The lowest BCUT2D eigenvalue weighted by molar-refractivity contribution is 0.465. The van der Waals surface area contributed by atoms with Gasteiger partial charge in [-0.1, -0.05) is 19.9 Å². The lowest BCUT2D eigenvalue weighted by Crippen LogP contribution is -2.41. The summed E-state index contributed by atoms with van der Waals surface area (Å²) >= 11 is 0. The van der Waals surface area contributed by atoms with E-state index in [1.165, 1.54) is 0 Å². The highest BCUT2D eigenvalue weighted by atomic mass is 32.2. The zero-order valence-corrected chi connectivity index (χ0v) is 13.1. The second kappa shape index (κ2) is 6.51. The van der Waals surface area contributed by atoms with Crippen LogP contribution in [0.1, 0.15) is 20.3 Å². The quantitative estimate of drug-likeness (QED) is 0.853. The van der Waals surface area contributed by atoms with E-state index < -0.39 is 10.0 Å². The molecule has 1 atom stereocenters. The number of fused-ring (bicyclic) bond motifs is 1. The molecule has 2 aromatic rings. The Labute approximate surface area is 125 Å². The molecule has 1 heterocycles. The molecule has 0 unspecified atom stereocenters. The first-order chi connectivity index (χ1) is 9.94. The predicted molar refractivity (Wildman–Crippen MR) is 84.4 cm³/mol. The van der Waals surface area contributed by atoms with Crippen molar-refractivity contribution in [3.8, 4) is 0 Å². The molecule has 0 aliphatic rings. The summed E-state index contributed by atoms with van der Waals surface area (Å²) in [5.41, 5.74) is 6.34. The number of nitrogens with two attached hydrogens (primary N) is 1. The van der Waals surface area contributed by atoms with Gasteiger partial charge in [0.15, 0.2) is 0 Å². The van der Waals surface area contributed by atoms with Crippen LogP contribution in [0.5, 0.6) is 0 Å². The molecule has 0 aliphatic heterocycles. The molecule has 6 heteroatoms. The van der Waals surface area contributed by atoms with Crippen LogP contribution in [0, 0.1) is 5.92 Å². The van der Waals surface area contributed by atoms with Crippen molar-refractivity contribution in [2.24, 2.45) is 11.7 Å². The molecule has 0 fully saturated rings. The number of sulfonamides is 1. The van der Waals surface area contributed by atoms with Crippen LogP contribution >= 0.6 is 0 Å². The first-order valence-electron chi connectivity index (χ1n) is 7.00. The monoisotopic (exact) mass is 307 g/mol. The number of nitrogens with one attached hydrogen (secondary N) is 1. The normalized spacial score (nSPS) is 13.7. The maximum atomic E-state index is 12.6. The van der Waals surface area contributed by atoms with Gasteiger partial charge < -0.3 is 5.73 Å². The van der Waals surface area contributed by atoms with E-state index in [4.69, 9.17) is 5.73 Å². The second-order valence-corrected chi connectivity index (χ2v) is 7.19. The van der Waals surface area contributed by atoms with Crippen molar-refractivity contribution in [1.29, 1.82) is 0 Å². The Kier molecular flexibility index (Phi) is 4.92. The molecule has 114 valence electrons. The van der Waals surface area contributed by atoms with Gasteiger partial charge in [-0.25, -0.2) is 13.1 Å². The molecule has 5 nitrogen and oxygen atoms in total. The average Bonchev–Trinajstić information content (AvgIpc) is 2.45. The SMILES string of the molecule is CC(C)C[C@H](CN)NS(=O)(=O)c1cccc2ncccc12. The van der Waals surface area contributed by atoms with E-state index in [1.54, 1.807) is 36.5 Å². The summed E-state index contributed by atoms with van der Waals surface area (Å²) in [4.78, 5) is 4.43. The van der Waals surface area contributed by atoms with Crippen LogP contribution in [0.25, 0.3) is 10.9 Å². The minimum absolute atomic E-state index is 0.246. The molecule has 0 radical (unpaired) electrons. The third-order valence-corrected chi connectivity index (χ3v) is 4.84. The number of hydrogen-bond donors (Lipinski definition) is 2. The third-order valence-electron chi connectivity index (χ3n) is 3.26. The summed E-state index contributed by atoms with van der Waals surface area (Å²) in [7, 11) is -3.61. The average molecular weight is 307 g/mol. The van der Waals surface area contributed by atoms with Gasteiger partial charge in [0, 0.05) is 24.2 Å². The number of pyridine rings is 1. The summed E-state index contributed by atoms with van der Waals surface area (Å²) in [6, 6.07) is 8.32. The highest BCUT2D eigenvalue weighted by molar-refractivity contribution is 7.89. The summed E-state index contributed by atoms with van der Waals surface area (Å²) in [6.45, 7) is 4.36. The van der Waals surface area contributed by atoms with Crippen molar-refractivity contribution in [2.45, 2.75) is 31.2 Å². The minimum Gasteiger partial charge on any atom is -0.329 e. The molecule has 21 heavy (non-hydrogen) atoms. The van der Waals surface area contributed by atoms with Crippen LogP contribution in [0.2, 0.25) is 0 Å². The number of benzene rings is 1. The van der Waals surface area contributed by atoms with Crippen LogP contribution in [0.15, 0.2) is 41.4 Å². The molecule has 0 spiro atoms. The maximum absolute atomic E-state index is 12.6. The van der Waals surface area contributed by atoms with Gasteiger partial charge in [-0.2, -0.15) is 0 Å². The first-order valence-corrected chi connectivity index (χ1v) is 8.48. The molecule has 0 saturated carbocycles. The summed E-state index contributed by atoms with van der Waals surface area (Å²) in [5, 5.41) is 0.618. The summed E-state index contributed by atoms with van der Waals surface area (Å²) in [5.74, 6) is 0.371. The predicted octanol–water partition coefficient (Wildman–Crippen LogP) is 1.89. The number of nitrogens with zero attached hydrogens (tertiary/aromatic N) is 1. The topological polar surface area (TPSA) is 85.1 Å². The van der Waals surface area contributed by atoms with Crippen LogP contribution in [-0.2, 0) is 10.0 Å². The molecule has 0 amide bonds. The number of hydrogen-bond acceptors (Lipinski definition) is 4. The van der Waals surface area contributed by atoms with Gasteiger partial charge in [-0.05, 0) is 36.6 Å². The van der Waals surface area contributed by atoms with Crippen molar-refractivity contribution in [2.75, 3.05) is 6.54 Å². The molecule has 1 aromatic carbocycles. The third kappa shape index (κ3) is 3.78. The van der Waals surface area contributed by atoms with Crippen LogP contribution in [0.4, 0.5) is 0 Å². The molecule has 3 N–H and O–H groups in total. The van der Waals surface area contributed by atoms with E-state index in [9.17, 15) is 8.42 Å². The van der Waals surface area contributed by atoms with E-state index in [2.05, 4.69) is 9.71 Å². The van der Waals surface area contributed by atoms with Gasteiger partial charge in [-0.3, -0.25) is 4.98 Å². The molecule has 1 aromatic heterocycles. The van der Waals surface area contributed by atoms with Gasteiger partial charge in [0.05, 0.1) is 10.4 Å². The fourth-order valence-corrected chi connectivity index (χ4v) is 3.83. The lowest BCUT2D eigenvalue weighted by Gasteiger charge is -2.19. The van der Waals surface area contributed by atoms with Crippen LogP contribution in [0.3, 0.4) is 0 Å². The van der Waals surface area contributed by atoms with Crippen molar-refractivity contribution >= 4 is 20.9 Å². The molecule has 0 aliphatic carbocycles. The fraction of sp³-hybridized carbons (Fsp3) is 0.400. The van der Waals surface area contributed by atoms with Gasteiger partial charge in [0.1, 0.15) is 0 Å². The standard InChI is InChI=1S/C15H21N3O2S/c1-11(2)9-12(10-16)18-21(19,20)15-7-3-6-14-13(15)5-4-8-17-14/h3-8,11-12,18H,9-10,16H2,1-2H3/t12-/m1/s1. The van der Waals surface area contributed by atoms with Gasteiger partial charge in [0.25, 0.3) is 0 Å². The Morgan fingerprint density at radius 1 is 1.24 bits per heavy atom. The van der Waals surface area contributed by atoms with Crippen molar-refractivity contribution < 1.29 is 8.42 Å². The highest BCUT2D eigenvalue weighted by Crippen LogP contribution is 2.21. The Morgan fingerprint density at radius 2 is 2.00 bits per heavy atom. The molecule has 0 bridgehead atoms. The summed E-state index contributed by atoms with van der Waals surface area (Å²) in [6.07, 6.45) is 2.35. The van der Waals surface area contributed by atoms with Crippen molar-refractivity contribution in [1.82, 2.24) is 9.71 Å². The van der Waals surface area contributed by atoms with E-state index in [1.807, 2.05) is 13.8 Å². The maximum Gasteiger partial charge on any atom is 0.241 e. The van der Waals surface area contributed by atoms with E-state index in [0.717, 1.165) is 0 Å². The molecule has 2 rings (SSSR count). The zero-order valence-electron chi connectivity index (χ0n) is 12.3. The zero-order chi connectivity index (χ0) is 15.5. The summed E-state index contributed by atoms with van der Waals surface area (Å²) < 4.78 is 27.9. The van der Waals surface area contributed by atoms with E-state index in [-0.39, 0.29) is 17.5 Å². The Morgan fingerprint density at radius 3 is 2.67 bits per heavy atom. The Hall–Kier alpha value is -1.50. The second-order valence-electron chi connectivity index (χ2n) is 5.51. The first kappa shape index (κ1) is 15.9. The van der Waals surface area contributed by atoms with Crippen LogP contribution < -0.4 is 10.5 Å². The largest absolute Gasteiger partial charge is 0.329 e. The fourth-order valence-electron chi connectivity index (χ4n) is 2.35. The van der Waals surface area contributed by atoms with Gasteiger partial charge in [-0.15, -0.1) is 0 Å². The molecular weight excluding hydrogens is 286 g/mol. The minimum atomic E-state index is -3.61.